The first-order valence-corrected chi connectivity index (χ1v) is 16.2. The van der Waals surface area contributed by atoms with Crippen molar-refractivity contribution in [3.63, 3.8) is 0 Å². The summed E-state index contributed by atoms with van der Waals surface area (Å²) in [6.07, 6.45) is 9.27. The molecule has 0 unspecified atom stereocenters. The molecule has 0 aromatic rings. The molecule has 0 radical (unpaired) electrons. The van der Waals surface area contributed by atoms with Gasteiger partial charge in [-0.1, -0.05) is 0 Å². The first-order chi connectivity index (χ1) is 7.07. The van der Waals surface area contributed by atoms with Crippen LogP contribution >= 0.6 is 10.9 Å². The van der Waals surface area contributed by atoms with E-state index in [9.17, 15) is 0 Å². The van der Waals surface area contributed by atoms with Gasteiger partial charge in [-0.05, 0) is 0 Å². The van der Waals surface area contributed by atoms with E-state index in [-0.39, 0.29) is 0 Å². The summed E-state index contributed by atoms with van der Waals surface area (Å²) >= 11 is 1.21. The molecule has 0 aliphatic rings. The fourth-order valence-electron chi connectivity index (χ4n) is 2.19. The Morgan fingerprint density at radius 2 is 0.733 bits per heavy atom. The van der Waals surface area contributed by atoms with Crippen LogP contribution in [0.3, 0.4) is 0 Å². The predicted molar refractivity (Wildman–Crippen MR) is 79.9 cm³/mol. The van der Waals surface area contributed by atoms with Gasteiger partial charge in [0.05, 0.1) is 0 Å². The number of rotatable bonds is 8. The molecule has 0 bridgehead atoms. The molecule has 0 rings (SSSR count). The zero-order chi connectivity index (χ0) is 11.9. The van der Waals surface area contributed by atoms with Gasteiger partial charge in [-0.15, -0.1) is 0 Å². The van der Waals surface area contributed by atoms with E-state index >= 15 is 0 Å². The molecule has 3 heteroatoms. The molecule has 0 nitrogen and oxygen atoms in total. The van der Waals surface area contributed by atoms with Gasteiger partial charge in [0.15, 0.2) is 0 Å². The van der Waals surface area contributed by atoms with Gasteiger partial charge in [0.1, 0.15) is 0 Å². The summed E-state index contributed by atoms with van der Waals surface area (Å²) in [6.45, 7) is 14.8. The van der Waals surface area contributed by atoms with Gasteiger partial charge < -0.3 is 0 Å². The van der Waals surface area contributed by atoms with Gasteiger partial charge in [0.2, 0.25) is 0 Å². The Balaban J connectivity index is 4.74. The molecule has 0 spiro atoms. The van der Waals surface area contributed by atoms with Crippen molar-refractivity contribution in [3.8, 4) is 0 Å². The van der Waals surface area contributed by atoms with E-state index in [4.69, 9.17) is 0 Å². The summed E-state index contributed by atoms with van der Waals surface area (Å²) in [5, 5.41) is 0. The van der Waals surface area contributed by atoms with Crippen LogP contribution in [0.25, 0.3) is 0 Å². The minimum absolute atomic E-state index is 0.804. The van der Waals surface area contributed by atoms with E-state index in [0.717, 1.165) is 0 Å². The van der Waals surface area contributed by atoms with E-state index in [1.807, 2.05) is 0 Å². The molecule has 0 saturated heterocycles. The molecular formula is C12H32P2Pd. The second-order valence-electron chi connectivity index (χ2n) is 4.37. The van der Waals surface area contributed by atoms with E-state index < -0.39 is 10.9 Å². The average Bonchev–Trinajstić information content (AvgIpc) is 2.33. The van der Waals surface area contributed by atoms with Crippen molar-refractivity contribution in [3.05, 3.63) is 0 Å². The van der Waals surface area contributed by atoms with Crippen LogP contribution in [0.4, 0.5) is 0 Å². The summed E-state index contributed by atoms with van der Waals surface area (Å²) in [7, 11) is 0. The van der Waals surface area contributed by atoms with E-state index in [1.54, 1.807) is 37.0 Å². The Hall–Kier alpha value is 1.52. The van der Waals surface area contributed by atoms with Gasteiger partial charge in [-0.2, -0.15) is 0 Å². The first kappa shape index (κ1) is 16.5. The topological polar surface area (TPSA) is 0 Å². The summed E-state index contributed by atoms with van der Waals surface area (Å²) in [5.41, 5.74) is -1.61. The molecule has 0 aromatic heterocycles. The van der Waals surface area contributed by atoms with Crippen LogP contribution in [-0.2, 0) is 17.0 Å². The predicted octanol–water partition coefficient (Wildman–Crippen LogP) is 4.52. The van der Waals surface area contributed by atoms with Crippen LogP contribution in [0.5, 0.6) is 0 Å². The molecule has 0 aliphatic heterocycles. The van der Waals surface area contributed by atoms with E-state index in [0.29, 0.717) is 0 Å². The third kappa shape index (κ3) is 4.36. The first-order valence-electron chi connectivity index (χ1n) is 6.68. The van der Waals surface area contributed by atoms with Crippen LogP contribution in [-0.4, -0.2) is 37.0 Å². The summed E-state index contributed by atoms with van der Waals surface area (Å²) < 4.78 is 0. The maximum absolute atomic E-state index is 2.47. The minimum atomic E-state index is -0.804. The van der Waals surface area contributed by atoms with Gasteiger partial charge in [0, 0.05) is 0 Å². The molecule has 100 valence electrons. The molecule has 0 fully saturated rings. The molecule has 0 N–H and O–H groups in total. The van der Waals surface area contributed by atoms with Crippen molar-refractivity contribution in [1.82, 2.24) is 0 Å². The normalized spacial score (nSPS) is 15.6. The molecule has 0 atom stereocenters. The fourth-order valence-corrected chi connectivity index (χ4v) is 41.3. The SMILES string of the molecule is CC[PH](CC)(CC)[Pd][PH](CC)(CC)CC. The molecule has 0 heterocycles. The summed E-state index contributed by atoms with van der Waals surface area (Å²) in [4.78, 5) is 0. The Morgan fingerprint density at radius 1 is 0.533 bits per heavy atom. The standard InChI is InChI=1S/2C6H15P.Pd/c2*1-4-7(5-2)6-3;/h2*4-6H2,1-3H3;/q;;-2/p+2. The zero-order valence-electron chi connectivity index (χ0n) is 11.6. The molecule has 0 aromatic carbocycles. The second kappa shape index (κ2) is 7.77. The van der Waals surface area contributed by atoms with Crippen molar-refractivity contribution < 1.29 is 17.0 Å². The summed E-state index contributed by atoms with van der Waals surface area (Å²) in [6, 6.07) is 0. The Bertz CT molecular complexity index is 128. The van der Waals surface area contributed by atoms with Gasteiger partial charge in [-0.25, -0.2) is 0 Å². The summed E-state index contributed by atoms with van der Waals surface area (Å²) in [5.74, 6) is 0. The van der Waals surface area contributed by atoms with Crippen LogP contribution in [0.15, 0.2) is 0 Å². The quantitative estimate of drug-likeness (QED) is 0.448. The Kier molecular flexibility index (Phi) is 8.56. The average molecular weight is 345 g/mol. The van der Waals surface area contributed by atoms with Gasteiger partial charge in [0.25, 0.3) is 0 Å². The van der Waals surface area contributed by atoms with E-state index in [1.165, 1.54) is 17.0 Å². The molecule has 0 amide bonds. The number of hydrogen-bond donors (Lipinski definition) is 0. The fraction of sp³-hybridized carbons (Fsp3) is 1.00. The Labute approximate surface area is 106 Å². The van der Waals surface area contributed by atoms with Crippen LogP contribution in [0.1, 0.15) is 41.5 Å². The zero-order valence-corrected chi connectivity index (χ0v) is 15.1. The van der Waals surface area contributed by atoms with Gasteiger partial charge in [-0.3, -0.25) is 0 Å². The molecule has 0 aliphatic carbocycles. The van der Waals surface area contributed by atoms with Crippen LogP contribution < -0.4 is 0 Å². The van der Waals surface area contributed by atoms with Crippen molar-refractivity contribution in [2.75, 3.05) is 37.0 Å². The monoisotopic (exact) mass is 344 g/mol. The van der Waals surface area contributed by atoms with Crippen LogP contribution in [0, 0.1) is 0 Å². The molecule has 0 saturated carbocycles. The van der Waals surface area contributed by atoms with Crippen molar-refractivity contribution >= 4 is 10.9 Å². The van der Waals surface area contributed by atoms with Crippen molar-refractivity contribution in [2.45, 2.75) is 41.5 Å². The second-order valence-corrected chi connectivity index (χ2v) is 27.0. The number of hydrogen-bond acceptors (Lipinski definition) is 0. The van der Waals surface area contributed by atoms with Crippen molar-refractivity contribution in [1.29, 1.82) is 0 Å². The molecule has 15 heavy (non-hydrogen) atoms. The van der Waals surface area contributed by atoms with Crippen LogP contribution in [0.2, 0.25) is 0 Å². The molecular weight excluding hydrogens is 313 g/mol. The maximum atomic E-state index is 2.47. The Morgan fingerprint density at radius 3 is 0.867 bits per heavy atom. The van der Waals surface area contributed by atoms with Gasteiger partial charge >= 0.3 is 106 Å². The van der Waals surface area contributed by atoms with E-state index in [2.05, 4.69) is 41.5 Å². The van der Waals surface area contributed by atoms with Crippen molar-refractivity contribution in [2.24, 2.45) is 0 Å². The third-order valence-electron chi connectivity index (χ3n) is 4.01. The third-order valence-corrected chi connectivity index (χ3v) is 38.8.